The van der Waals surface area contributed by atoms with Gasteiger partial charge in [0.25, 0.3) is 0 Å². The lowest BCUT2D eigenvalue weighted by Gasteiger charge is -2.21. The van der Waals surface area contributed by atoms with Crippen LogP contribution in [0.1, 0.15) is 29.4 Å². The lowest BCUT2D eigenvalue weighted by Crippen LogP contribution is -2.47. The van der Waals surface area contributed by atoms with E-state index in [1.807, 2.05) is 18.5 Å². The van der Waals surface area contributed by atoms with Crippen molar-refractivity contribution in [1.82, 2.24) is 25.4 Å². The van der Waals surface area contributed by atoms with Crippen molar-refractivity contribution >= 4 is 41.3 Å². The van der Waals surface area contributed by atoms with Gasteiger partial charge in [-0.15, -0.1) is 45.5 Å². The molecule has 0 radical (unpaired) electrons. The highest BCUT2D eigenvalue weighted by atomic mass is 127. The molecule has 0 aromatic carbocycles. The largest absolute Gasteiger partial charge is 0.383 e. The Bertz CT molecular complexity index is 714. The summed E-state index contributed by atoms with van der Waals surface area (Å²) in [6.07, 6.45) is 3.50. The van der Waals surface area contributed by atoms with E-state index in [4.69, 9.17) is 9.73 Å². The van der Waals surface area contributed by atoms with Crippen LogP contribution in [0.3, 0.4) is 0 Å². The van der Waals surface area contributed by atoms with Crippen molar-refractivity contribution in [3.63, 3.8) is 0 Å². The highest BCUT2D eigenvalue weighted by Gasteiger charge is 2.31. The molecule has 9 heteroatoms. The molecular weight excluding hydrogens is 475 g/mol. The Morgan fingerprint density at radius 2 is 2.26 bits per heavy atom. The molecule has 0 aliphatic heterocycles. The van der Waals surface area contributed by atoms with Gasteiger partial charge in [-0.1, -0.05) is 6.07 Å². The Balaban J connectivity index is 0.00000261. The van der Waals surface area contributed by atoms with Crippen LogP contribution in [-0.4, -0.2) is 47.0 Å². The van der Waals surface area contributed by atoms with Gasteiger partial charge in [0.05, 0.1) is 12.6 Å². The van der Waals surface area contributed by atoms with E-state index in [1.165, 1.54) is 17.7 Å². The third kappa shape index (κ3) is 6.72. The topological polar surface area (TPSA) is 76.4 Å². The summed E-state index contributed by atoms with van der Waals surface area (Å²) in [4.78, 5) is 6.11. The number of hydrogen-bond acceptors (Lipinski definition) is 5. The van der Waals surface area contributed by atoms with Crippen molar-refractivity contribution < 1.29 is 4.74 Å². The van der Waals surface area contributed by atoms with Crippen LogP contribution in [0.25, 0.3) is 0 Å². The Labute approximate surface area is 182 Å². The summed E-state index contributed by atoms with van der Waals surface area (Å²) >= 11 is 1.78. The molecule has 1 saturated carbocycles. The molecule has 0 bridgehead atoms. The highest BCUT2D eigenvalue weighted by molar-refractivity contribution is 14.0. The maximum atomic E-state index is 5.38. The number of guanidine groups is 1. The summed E-state index contributed by atoms with van der Waals surface area (Å²) in [6.45, 7) is 3.98. The molecule has 1 aliphatic rings. The molecule has 3 rings (SSSR count). The predicted octanol–water partition coefficient (Wildman–Crippen LogP) is 2.51. The van der Waals surface area contributed by atoms with Gasteiger partial charge in [0, 0.05) is 25.6 Å². The van der Waals surface area contributed by atoms with Gasteiger partial charge in [-0.3, -0.25) is 0 Å². The van der Waals surface area contributed by atoms with Crippen LogP contribution in [0, 0.1) is 12.8 Å². The molecule has 7 nitrogen and oxygen atoms in total. The fraction of sp³-hybridized carbons (Fsp3) is 0.611. The number of aryl methyl sites for hydroxylation is 1. The van der Waals surface area contributed by atoms with Crippen LogP contribution < -0.4 is 10.6 Å². The minimum atomic E-state index is 0. The summed E-state index contributed by atoms with van der Waals surface area (Å²) in [6, 6.07) is 4.55. The molecule has 0 saturated heterocycles. The fourth-order valence-electron chi connectivity index (χ4n) is 2.80. The second-order valence-corrected chi connectivity index (χ2v) is 7.72. The Hall–Kier alpha value is -1.20. The SMILES string of the molecule is COCC(NC(=NCc1nnc(C)n1C)NCCc1cccs1)C1CC1.I. The summed E-state index contributed by atoms with van der Waals surface area (Å²) in [7, 11) is 3.72. The van der Waals surface area contributed by atoms with Gasteiger partial charge < -0.3 is 19.9 Å². The Morgan fingerprint density at radius 3 is 2.85 bits per heavy atom. The van der Waals surface area contributed by atoms with Crippen LogP contribution in [0.4, 0.5) is 0 Å². The Morgan fingerprint density at radius 1 is 1.44 bits per heavy atom. The first-order valence-corrected chi connectivity index (χ1v) is 9.96. The molecule has 0 amide bonds. The smallest absolute Gasteiger partial charge is 0.192 e. The van der Waals surface area contributed by atoms with E-state index >= 15 is 0 Å². The number of aromatic nitrogens is 3. The van der Waals surface area contributed by atoms with E-state index in [-0.39, 0.29) is 24.0 Å². The second kappa shape index (κ2) is 11.0. The van der Waals surface area contributed by atoms with Crippen molar-refractivity contribution in [2.45, 2.75) is 38.8 Å². The maximum Gasteiger partial charge on any atom is 0.192 e. The number of hydrogen-bond donors (Lipinski definition) is 2. The van der Waals surface area contributed by atoms with E-state index in [0.717, 1.165) is 30.6 Å². The molecule has 2 N–H and O–H groups in total. The van der Waals surface area contributed by atoms with Gasteiger partial charge in [0.2, 0.25) is 0 Å². The minimum Gasteiger partial charge on any atom is -0.383 e. The van der Waals surface area contributed by atoms with E-state index in [9.17, 15) is 0 Å². The number of ether oxygens (including phenoxy) is 1. The molecular formula is C18H29IN6OS. The Kier molecular flexibility index (Phi) is 8.97. The standard InChI is InChI=1S/C18H28N6OS.HI/c1-13-22-23-17(24(13)2)11-20-18(19-9-8-15-5-4-10-26-15)21-16(12-25-3)14-6-7-14;/h4-5,10,14,16H,6-9,11-12H2,1-3H3,(H2,19,20,21);1H. The normalized spacial score (nSPS) is 15.3. The van der Waals surface area contributed by atoms with Gasteiger partial charge >= 0.3 is 0 Å². The fourth-order valence-corrected chi connectivity index (χ4v) is 3.51. The molecule has 2 aromatic heterocycles. The van der Waals surface area contributed by atoms with Crippen LogP contribution in [0.2, 0.25) is 0 Å². The average Bonchev–Trinajstić information content (AvgIpc) is 3.27. The molecule has 27 heavy (non-hydrogen) atoms. The van der Waals surface area contributed by atoms with E-state index in [2.05, 4.69) is 38.3 Å². The van der Waals surface area contributed by atoms with Crippen molar-refractivity contribution in [3.8, 4) is 0 Å². The number of thiophene rings is 1. The highest BCUT2D eigenvalue weighted by Crippen LogP contribution is 2.32. The average molecular weight is 504 g/mol. The van der Waals surface area contributed by atoms with Crippen LogP contribution in [0.15, 0.2) is 22.5 Å². The summed E-state index contributed by atoms with van der Waals surface area (Å²) in [5.74, 6) is 3.25. The summed E-state index contributed by atoms with van der Waals surface area (Å²) in [5, 5.41) is 17.4. The lowest BCUT2D eigenvalue weighted by molar-refractivity contribution is 0.165. The molecule has 1 aliphatic carbocycles. The zero-order valence-corrected chi connectivity index (χ0v) is 19.3. The molecule has 0 spiro atoms. The monoisotopic (exact) mass is 504 g/mol. The van der Waals surface area contributed by atoms with Crippen LogP contribution in [-0.2, 0) is 24.8 Å². The molecule has 1 atom stereocenters. The van der Waals surface area contributed by atoms with Gasteiger partial charge in [-0.05, 0) is 43.6 Å². The zero-order chi connectivity index (χ0) is 18.4. The first-order chi connectivity index (χ1) is 12.7. The number of nitrogens with zero attached hydrogens (tertiary/aromatic N) is 4. The molecule has 2 heterocycles. The van der Waals surface area contributed by atoms with Crippen molar-refractivity contribution in [1.29, 1.82) is 0 Å². The molecule has 1 fully saturated rings. The number of nitrogens with one attached hydrogen (secondary N) is 2. The number of rotatable bonds is 9. The predicted molar refractivity (Wildman–Crippen MR) is 120 cm³/mol. The number of halogens is 1. The van der Waals surface area contributed by atoms with Crippen LogP contribution in [0.5, 0.6) is 0 Å². The van der Waals surface area contributed by atoms with Gasteiger partial charge in [-0.2, -0.15) is 0 Å². The first kappa shape index (κ1) is 22.1. The number of aliphatic imine (C=N–C) groups is 1. The van der Waals surface area contributed by atoms with Gasteiger partial charge in [-0.25, -0.2) is 4.99 Å². The molecule has 150 valence electrons. The van der Waals surface area contributed by atoms with Crippen molar-refractivity contribution in [2.24, 2.45) is 18.0 Å². The van der Waals surface area contributed by atoms with Crippen LogP contribution >= 0.6 is 35.3 Å². The zero-order valence-electron chi connectivity index (χ0n) is 16.1. The number of methoxy groups -OCH3 is 1. The molecule has 1 unspecified atom stereocenters. The van der Waals surface area contributed by atoms with Gasteiger partial charge in [0.1, 0.15) is 12.4 Å². The molecule has 2 aromatic rings. The quantitative estimate of drug-likeness (QED) is 0.312. The van der Waals surface area contributed by atoms with E-state index in [1.54, 1.807) is 18.4 Å². The maximum absolute atomic E-state index is 5.38. The van der Waals surface area contributed by atoms with Gasteiger partial charge in [0.15, 0.2) is 11.8 Å². The summed E-state index contributed by atoms with van der Waals surface area (Å²) < 4.78 is 7.36. The van der Waals surface area contributed by atoms with Crippen molar-refractivity contribution in [2.75, 3.05) is 20.3 Å². The second-order valence-electron chi connectivity index (χ2n) is 6.69. The van der Waals surface area contributed by atoms with E-state index < -0.39 is 0 Å². The van der Waals surface area contributed by atoms with E-state index in [0.29, 0.717) is 25.1 Å². The summed E-state index contributed by atoms with van der Waals surface area (Å²) in [5.41, 5.74) is 0. The third-order valence-corrected chi connectivity index (χ3v) is 5.60. The third-order valence-electron chi connectivity index (χ3n) is 4.66. The minimum absolute atomic E-state index is 0. The first-order valence-electron chi connectivity index (χ1n) is 9.08. The lowest BCUT2D eigenvalue weighted by atomic mass is 10.2. The van der Waals surface area contributed by atoms with Crippen molar-refractivity contribution in [3.05, 3.63) is 34.0 Å².